The number of fused-ring (bicyclic) bond motifs is 1. The normalized spacial score (nSPS) is 20.4. The van der Waals surface area contributed by atoms with E-state index in [0.29, 0.717) is 12.0 Å². The fourth-order valence-corrected chi connectivity index (χ4v) is 4.69. The number of esters is 1. The molecule has 0 aliphatic carbocycles. The smallest absolute Gasteiger partial charge is 0.412 e. The molecule has 2 aliphatic heterocycles. The molecule has 1 saturated heterocycles. The van der Waals surface area contributed by atoms with Crippen molar-refractivity contribution < 1.29 is 23.8 Å². The van der Waals surface area contributed by atoms with E-state index >= 15 is 0 Å². The van der Waals surface area contributed by atoms with Gasteiger partial charge in [0.1, 0.15) is 13.0 Å². The summed E-state index contributed by atoms with van der Waals surface area (Å²) in [5, 5.41) is 10.9. The third-order valence-corrected chi connectivity index (χ3v) is 6.10. The molecular weight excluding hydrogens is 354 g/mol. The topological polar surface area (TPSA) is 92.8 Å². The maximum atomic E-state index is 12.3. The monoisotopic (exact) mass is 368 g/mol. The fraction of sp³-hybridized carbons (Fsp3) is 0.357. The van der Waals surface area contributed by atoms with Gasteiger partial charge in [0.15, 0.2) is 0 Å². The molecule has 1 atom stereocenters. The summed E-state index contributed by atoms with van der Waals surface area (Å²) < 4.78 is 8.68. The Bertz CT molecular complexity index is 734. The van der Waals surface area contributed by atoms with Crippen molar-refractivity contribution in [2.75, 3.05) is 6.54 Å². The minimum Gasteiger partial charge on any atom is -0.452 e. The number of nitro groups is 1. The van der Waals surface area contributed by atoms with Crippen LogP contribution in [-0.4, -0.2) is 42.0 Å². The number of rotatable bonds is 5. The lowest BCUT2D eigenvalue weighted by molar-refractivity contribution is -0.502. The van der Waals surface area contributed by atoms with Gasteiger partial charge in [0, 0.05) is 42.6 Å². The molecule has 2 heterocycles. The van der Waals surface area contributed by atoms with Crippen molar-refractivity contribution in [3.8, 4) is 0 Å². The Morgan fingerprint density at radius 2 is 2.17 bits per heavy atom. The second kappa shape index (κ2) is 6.91. The van der Waals surface area contributed by atoms with E-state index in [1.807, 2.05) is 10.6 Å². The van der Waals surface area contributed by atoms with Crippen molar-refractivity contribution in [3.63, 3.8) is 0 Å². The number of benzene rings is 1. The molecule has 10 heteroatoms. The summed E-state index contributed by atoms with van der Waals surface area (Å²) in [6.45, 7) is 2.69. The summed E-state index contributed by atoms with van der Waals surface area (Å²) in [6, 6.07) is 5.79. The van der Waals surface area contributed by atoms with Crippen LogP contribution in [0.15, 0.2) is 24.3 Å². The van der Waals surface area contributed by atoms with E-state index in [2.05, 4.69) is 0 Å². The van der Waals surface area contributed by atoms with Gasteiger partial charge >= 0.3 is 16.9 Å². The number of amides is 1. The van der Waals surface area contributed by atoms with Gasteiger partial charge in [-0.3, -0.25) is 10.1 Å². The molecule has 3 rings (SSSR count). The maximum absolute atomic E-state index is 12.3. The average Bonchev–Trinajstić information content (AvgIpc) is 2.58. The highest BCUT2D eigenvalue weighted by molar-refractivity contribution is 8.22. The van der Waals surface area contributed by atoms with E-state index < -0.39 is 10.9 Å². The zero-order chi connectivity index (χ0) is 17.3. The predicted molar refractivity (Wildman–Crippen MR) is 89.1 cm³/mol. The third-order valence-electron chi connectivity index (χ3n) is 3.50. The first kappa shape index (κ1) is 16.9. The van der Waals surface area contributed by atoms with E-state index in [9.17, 15) is 19.7 Å². The van der Waals surface area contributed by atoms with Crippen LogP contribution >= 0.6 is 23.9 Å². The molecule has 1 amide bonds. The van der Waals surface area contributed by atoms with Crippen LogP contribution in [0.2, 0.25) is 0 Å². The standard InChI is InChI=1S/C14H14N3O5S2/c1-2-15-23-12-7-11(18)16(12)13(24-15)14(19)22-8-9-3-5-10(6-4-9)17(20)21/h3-6,12H,2,7-8H2,1H3/q+1/t12-/m1/s1. The lowest BCUT2D eigenvalue weighted by Gasteiger charge is -2.30. The van der Waals surface area contributed by atoms with Crippen molar-refractivity contribution in [1.29, 1.82) is 0 Å². The van der Waals surface area contributed by atoms with Crippen molar-refractivity contribution in [2.24, 2.45) is 0 Å². The minimum atomic E-state index is -0.560. The summed E-state index contributed by atoms with van der Waals surface area (Å²) in [4.78, 5) is 34.2. The zero-order valence-corrected chi connectivity index (χ0v) is 14.3. The number of non-ortho nitro benzene ring substituents is 1. The number of nitro benzene ring substituents is 1. The van der Waals surface area contributed by atoms with E-state index in [0.717, 1.165) is 6.54 Å². The second-order valence-corrected chi connectivity index (χ2v) is 7.51. The Balaban J connectivity index is 1.68. The molecule has 0 bridgehead atoms. The molecule has 0 radical (unpaired) electrons. The molecule has 2 aliphatic rings. The average molecular weight is 368 g/mol. The van der Waals surface area contributed by atoms with Gasteiger partial charge in [0.2, 0.25) is 5.37 Å². The minimum absolute atomic E-state index is 0.00709. The summed E-state index contributed by atoms with van der Waals surface area (Å²) in [6.07, 6.45) is 0.418. The van der Waals surface area contributed by atoms with E-state index in [1.54, 1.807) is 0 Å². The molecule has 0 saturated carbocycles. The lowest BCUT2D eigenvalue weighted by atomic mass is 10.2. The molecule has 1 aromatic rings. The van der Waals surface area contributed by atoms with Crippen LogP contribution in [0.1, 0.15) is 18.9 Å². The van der Waals surface area contributed by atoms with Gasteiger partial charge in [-0.1, -0.05) is 6.92 Å². The van der Waals surface area contributed by atoms with Crippen molar-refractivity contribution in [2.45, 2.75) is 25.3 Å². The first-order valence-electron chi connectivity index (χ1n) is 7.21. The highest BCUT2D eigenvalue weighted by Gasteiger charge is 2.53. The zero-order valence-electron chi connectivity index (χ0n) is 12.7. The summed E-state index contributed by atoms with van der Waals surface area (Å²) >= 11 is 2.74. The molecule has 0 N–H and O–H groups in total. The Hall–Kier alpha value is -1.91. The van der Waals surface area contributed by atoms with Gasteiger partial charge in [0.25, 0.3) is 5.69 Å². The Morgan fingerprint density at radius 1 is 1.46 bits per heavy atom. The number of hydrogen-bond acceptors (Lipinski definition) is 8. The first-order chi connectivity index (χ1) is 11.5. The summed E-state index contributed by atoms with van der Waals surface area (Å²) in [5.74, 6) is -0.645. The number of carbonyl (C=O) groups excluding carboxylic acids is 2. The van der Waals surface area contributed by atoms with Crippen LogP contribution in [0, 0.1) is 10.1 Å². The van der Waals surface area contributed by atoms with Crippen molar-refractivity contribution in [1.82, 2.24) is 3.71 Å². The molecule has 0 unspecified atom stereocenters. The van der Waals surface area contributed by atoms with Crippen molar-refractivity contribution in [3.05, 3.63) is 39.9 Å². The Morgan fingerprint density at radius 3 is 2.75 bits per heavy atom. The summed E-state index contributed by atoms with van der Waals surface area (Å²) in [7, 11) is 0. The predicted octanol–water partition coefficient (Wildman–Crippen LogP) is 1.94. The molecule has 1 aromatic carbocycles. The SMILES string of the molecule is CCN1SC(C(=O)OCc2ccc([N+](=O)[O-])cc2)=[N+]2C(=O)C[C@H]2S1. The number of ether oxygens (including phenoxy) is 1. The van der Waals surface area contributed by atoms with Crippen LogP contribution in [0.5, 0.6) is 0 Å². The molecule has 0 aromatic heterocycles. The molecule has 24 heavy (non-hydrogen) atoms. The number of carbonyl (C=O) groups is 2. The van der Waals surface area contributed by atoms with Crippen LogP contribution < -0.4 is 0 Å². The largest absolute Gasteiger partial charge is 0.452 e. The van der Waals surface area contributed by atoms with Gasteiger partial charge in [-0.05, 0) is 17.7 Å². The van der Waals surface area contributed by atoms with E-state index in [1.165, 1.54) is 52.7 Å². The Kier molecular flexibility index (Phi) is 4.88. The molecule has 8 nitrogen and oxygen atoms in total. The van der Waals surface area contributed by atoms with Gasteiger partial charge in [-0.25, -0.2) is 9.59 Å². The van der Waals surface area contributed by atoms with Gasteiger partial charge < -0.3 is 4.74 Å². The van der Waals surface area contributed by atoms with Crippen LogP contribution in [0.4, 0.5) is 5.69 Å². The van der Waals surface area contributed by atoms with Crippen molar-refractivity contribution >= 4 is 46.5 Å². The van der Waals surface area contributed by atoms with Gasteiger partial charge in [-0.15, -0.1) is 4.58 Å². The maximum Gasteiger partial charge on any atom is 0.412 e. The second-order valence-electron chi connectivity index (χ2n) is 5.07. The quantitative estimate of drug-likeness (QED) is 0.194. The lowest BCUT2D eigenvalue weighted by Crippen LogP contribution is -2.52. The van der Waals surface area contributed by atoms with Crippen LogP contribution in [0.25, 0.3) is 0 Å². The molecule has 126 valence electrons. The number of β-lactam (4-membered cyclic amide) rings is 1. The van der Waals surface area contributed by atoms with Gasteiger partial charge in [0.05, 0.1) is 4.92 Å². The molecular formula is C14H14N3O5S2+. The Labute approximate surface area is 146 Å². The number of hydrogen-bond donors (Lipinski definition) is 0. The first-order valence-corrected chi connectivity index (χ1v) is 8.82. The van der Waals surface area contributed by atoms with Crippen LogP contribution in [-0.2, 0) is 20.9 Å². The van der Waals surface area contributed by atoms with Crippen LogP contribution in [0.3, 0.4) is 0 Å². The summed E-state index contributed by atoms with van der Waals surface area (Å²) in [5.41, 5.74) is 0.621. The third kappa shape index (κ3) is 3.30. The number of nitrogens with zero attached hydrogens (tertiary/aromatic N) is 3. The highest BCUT2D eigenvalue weighted by Crippen LogP contribution is 2.39. The highest BCUT2D eigenvalue weighted by atomic mass is 32.2. The molecule has 1 fully saturated rings. The fourth-order valence-electron chi connectivity index (χ4n) is 2.21. The van der Waals surface area contributed by atoms with E-state index in [4.69, 9.17) is 4.74 Å². The molecule has 0 spiro atoms. The van der Waals surface area contributed by atoms with Gasteiger partial charge in [-0.2, -0.15) is 3.71 Å². The van der Waals surface area contributed by atoms with E-state index in [-0.39, 0.29) is 28.6 Å².